The molecule has 3 aromatic rings. The quantitative estimate of drug-likeness (QED) is 0.715. The summed E-state index contributed by atoms with van der Waals surface area (Å²) in [5.74, 6) is 0.908. The number of carbonyl (C=O) groups is 1. The summed E-state index contributed by atoms with van der Waals surface area (Å²) in [5, 5.41) is 2.96. The van der Waals surface area contributed by atoms with Gasteiger partial charge in [-0.05, 0) is 50.2 Å². The van der Waals surface area contributed by atoms with E-state index in [1.807, 2.05) is 59.3 Å². The Bertz CT molecular complexity index is 834. The molecular formula is C20H24N4O. The number of hydrogen-bond donors (Lipinski definition) is 1. The molecule has 0 fully saturated rings. The van der Waals surface area contributed by atoms with Gasteiger partial charge in [-0.15, -0.1) is 0 Å². The Balaban J connectivity index is 1.57. The lowest BCUT2D eigenvalue weighted by atomic mass is 10.2. The summed E-state index contributed by atoms with van der Waals surface area (Å²) in [5.41, 5.74) is 3.05. The minimum absolute atomic E-state index is 0.00303. The molecule has 1 N–H and O–H groups in total. The van der Waals surface area contributed by atoms with Crippen LogP contribution in [0.1, 0.15) is 26.1 Å². The zero-order chi connectivity index (χ0) is 17.6. The molecule has 0 radical (unpaired) electrons. The lowest BCUT2D eigenvalue weighted by molar-refractivity contribution is -0.116. The van der Waals surface area contributed by atoms with Crippen LogP contribution in [0.15, 0.2) is 54.9 Å². The Morgan fingerprint density at radius 1 is 1.12 bits per heavy atom. The number of nitrogens with zero attached hydrogens (tertiary/aromatic N) is 3. The van der Waals surface area contributed by atoms with Crippen molar-refractivity contribution in [2.75, 3.05) is 23.3 Å². The van der Waals surface area contributed by atoms with Gasteiger partial charge in [-0.3, -0.25) is 4.79 Å². The van der Waals surface area contributed by atoms with E-state index in [0.29, 0.717) is 12.8 Å². The van der Waals surface area contributed by atoms with E-state index in [9.17, 15) is 4.79 Å². The third-order valence-corrected chi connectivity index (χ3v) is 4.37. The van der Waals surface area contributed by atoms with Crippen molar-refractivity contribution in [1.29, 1.82) is 0 Å². The zero-order valence-electron chi connectivity index (χ0n) is 14.8. The normalized spacial score (nSPS) is 10.8. The second-order valence-electron chi connectivity index (χ2n) is 5.94. The molecule has 0 aliphatic carbocycles. The molecule has 1 aromatic carbocycles. The highest BCUT2D eigenvalue weighted by molar-refractivity contribution is 5.91. The highest BCUT2D eigenvalue weighted by Crippen LogP contribution is 2.18. The second-order valence-corrected chi connectivity index (χ2v) is 5.94. The van der Waals surface area contributed by atoms with Crippen molar-refractivity contribution < 1.29 is 4.79 Å². The van der Waals surface area contributed by atoms with Gasteiger partial charge in [-0.2, -0.15) is 0 Å². The molecule has 0 aliphatic rings. The molecule has 2 heterocycles. The second kappa shape index (κ2) is 7.83. The number of hydrogen-bond acceptors (Lipinski definition) is 3. The maximum atomic E-state index is 12.2. The number of imidazole rings is 1. The van der Waals surface area contributed by atoms with Gasteiger partial charge in [0, 0.05) is 43.5 Å². The van der Waals surface area contributed by atoms with Crippen molar-refractivity contribution in [3.63, 3.8) is 0 Å². The summed E-state index contributed by atoms with van der Waals surface area (Å²) in [6.07, 6.45) is 4.83. The van der Waals surface area contributed by atoms with Gasteiger partial charge >= 0.3 is 0 Å². The Morgan fingerprint density at radius 2 is 1.88 bits per heavy atom. The molecule has 5 nitrogen and oxygen atoms in total. The zero-order valence-corrected chi connectivity index (χ0v) is 14.8. The van der Waals surface area contributed by atoms with Crippen molar-refractivity contribution >= 4 is 22.8 Å². The number of aryl methyl sites for hydroxylation is 1. The number of amides is 1. The topological polar surface area (TPSA) is 49.6 Å². The monoisotopic (exact) mass is 336 g/mol. The molecule has 2 aromatic heterocycles. The highest BCUT2D eigenvalue weighted by atomic mass is 16.1. The molecular weight excluding hydrogens is 312 g/mol. The molecule has 0 unspecified atom stereocenters. The van der Waals surface area contributed by atoms with E-state index in [2.05, 4.69) is 29.0 Å². The van der Waals surface area contributed by atoms with Crippen LogP contribution in [0.5, 0.6) is 0 Å². The van der Waals surface area contributed by atoms with E-state index in [0.717, 1.165) is 30.1 Å². The molecule has 1 amide bonds. The van der Waals surface area contributed by atoms with Gasteiger partial charge in [0.05, 0.1) is 11.7 Å². The summed E-state index contributed by atoms with van der Waals surface area (Å²) >= 11 is 0. The molecule has 0 saturated heterocycles. The Kier molecular flexibility index (Phi) is 5.33. The fourth-order valence-corrected chi connectivity index (χ4v) is 2.98. The van der Waals surface area contributed by atoms with Gasteiger partial charge < -0.3 is 14.6 Å². The Morgan fingerprint density at radius 3 is 2.60 bits per heavy atom. The number of anilines is 2. The van der Waals surface area contributed by atoms with Crippen molar-refractivity contribution in [2.45, 2.75) is 26.7 Å². The van der Waals surface area contributed by atoms with E-state index in [-0.39, 0.29) is 5.91 Å². The number of benzene rings is 1. The van der Waals surface area contributed by atoms with Gasteiger partial charge in [-0.1, -0.05) is 6.07 Å². The number of pyridine rings is 1. The number of aromatic nitrogens is 2. The first-order valence-corrected chi connectivity index (χ1v) is 8.77. The van der Waals surface area contributed by atoms with Crippen molar-refractivity contribution in [2.24, 2.45) is 0 Å². The van der Waals surface area contributed by atoms with Crippen molar-refractivity contribution in [3.05, 3.63) is 60.7 Å². The molecule has 3 rings (SSSR count). The molecule has 130 valence electrons. The smallest absolute Gasteiger partial charge is 0.224 e. The molecule has 0 saturated carbocycles. The molecule has 0 atom stereocenters. The van der Waals surface area contributed by atoms with E-state index >= 15 is 0 Å². The van der Waals surface area contributed by atoms with Crippen LogP contribution < -0.4 is 10.2 Å². The van der Waals surface area contributed by atoms with Crippen LogP contribution in [0.25, 0.3) is 5.52 Å². The van der Waals surface area contributed by atoms with Crippen LogP contribution in [0.4, 0.5) is 11.4 Å². The number of rotatable bonds is 7. The number of nitrogens with one attached hydrogen (secondary N) is 1. The maximum Gasteiger partial charge on any atom is 0.224 e. The van der Waals surface area contributed by atoms with Crippen LogP contribution >= 0.6 is 0 Å². The first kappa shape index (κ1) is 17.0. The van der Waals surface area contributed by atoms with Crippen LogP contribution in [-0.2, 0) is 11.2 Å². The first-order chi connectivity index (χ1) is 12.2. The fourth-order valence-electron chi connectivity index (χ4n) is 2.98. The standard InChI is InChI=1S/C20H24N4O/c1-3-23(4-2)17-10-8-16(9-11-17)22-20(25)13-12-19-21-15-18-7-5-6-14-24(18)19/h5-11,14-15H,3-4,12-13H2,1-2H3,(H,22,25). The fraction of sp³-hybridized carbons (Fsp3) is 0.300. The summed E-state index contributed by atoms with van der Waals surface area (Å²) in [6.45, 7) is 6.22. The predicted molar refractivity (Wildman–Crippen MR) is 102 cm³/mol. The van der Waals surface area contributed by atoms with Gasteiger partial charge in [0.25, 0.3) is 0 Å². The highest BCUT2D eigenvalue weighted by Gasteiger charge is 2.08. The molecule has 0 spiro atoms. The number of carbonyl (C=O) groups excluding carboxylic acids is 1. The summed E-state index contributed by atoms with van der Waals surface area (Å²) < 4.78 is 2.02. The Hall–Kier alpha value is -2.82. The SMILES string of the molecule is CCN(CC)c1ccc(NC(=O)CCc2ncc3ccccn23)cc1. The minimum atomic E-state index is 0.00303. The lowest BCUT2D eigenvalue weighted by Gasteiger charge is -2.21. The summed E-state index contributed by atoms with van der Waals surface area (Å²) in [4.78, 5) is 18.9. The Labute approximate surface area is 148 Å². The van der Waals surface area contributed by atoms with Gasteiger partial charge in [0.1, 0.15) is 5.82 Å². The van der Waals surface area contributed by atoms with Crippen LogP contribution in [-0.4, -0.2) is 28.4 Å². The van der Waals surface area contributed by atoms with Gasteiger partial charge in [0.15, 0.2) is 0 Å². The van der Waals surface area contributed by atoms with Gasteiger partial charge in [0.2, 0.25) is 5.91 Å². The van der Waals surface area contributed by atoms with Crippen molar-refractivity contribution in [1.82, 2.24) is 9.38 Å². The molecule has 0 bridgehead atoms. The first-order valence-electron chi connectivity index (χ1n) is 8.77. The van der Waals surface area contributed by atoms with Gasteiger partial charge in [-0.25, -0.2) is 4.98 Å². The maximum absolute atomic E-state index is 12.2. The largest absolute Gasteiger partial charge is 0.372 e. The van der Waals surface area contributed by atoms with E-state index < -0.39 is 0 Å². The third-order valence-electron chi connectivity index (χ3n) is 4.37. The lowest BCUT2D eigenvalue weighted by Crippen LogP contribution is -2.21. The van der Waals surface area contributed by atoms with Crippen LogP contribution in [0, 0.1) is 0 Å². The summed E-state index contributed by atoms with van der Waals surface area (Å²) in [6, 6.07) is 14.0. The van der Waals surface area contributed by atoms with E-state index in [1.54, 1.807) is 0 Å². The van der Waals surface area contributed by atoms with E-state index in [1.165, 1.54) is 5.69 Å². The third kappa shape index (κ3) is 3.99. The predicted octanol–water partition coefficient (Wildman–Crippen LogP) is 3.75. The summed E-state index contributed by atoms with van der Waals surface area (Å²) in [7, 11) is 0. The van der Waals surface area contributed by atoms with E-state index in [4.69, 9.17) is 0 Å². The average molecular weight is 336 g/mol. The van der Waals surface area contributed by atoms with Crippen LogP contribution in [0.3, 0.4) is 0 Å². The number of fused-ring (bicyclic) bond motifs is 1. The molecule has 5 heteroatoms. The van der Waals surface area contributed by atoms with Crippen molar-refractivity contribution in [3.8, 4) is 0 Å². The molecule has 25 heavy (non-hydrogen) atoms. The van der Waals surface area contributed by atoms with Crippen LogP contribution in [0.2, 0.25) is 0 Å². The molecule has 0 aliphatic heterocycles. The minimum Gasteiger partial charge on any atom is -0.372 e. The average Bonchev–Trinajstić information content (AvgIpc) is 3.06.